The van der Waals surface area contributed by atoms with E-state index >= 15 is 0 Å². The van der Waals surface area contributed by atoms with Crippen LogP contribution in [-0.2, 0) is 28.6 Å². The van der Waals surface area contributed by atoms with E-state index in [0.29, 0.717) is 19.3 Å². The van der Waals surface area contributed by atoms with Crippen molar-refractivity contribution in [3.63, 3.8) is 0 Å². The molecule has 0 N–H and O–H groups in total. The molecule has 6 heteroatoms. The molecule has 0 saturated carbocycles. The number of esters is 3. The predicted octanol–water partition coefficient (Wildman–Crippen LogP) is 22.9. The van der Waals surface area contributed by atoms with Crippen LogP contribution in [0.25, 0.3) is 0 Å². The molecule has 0 bridgehead atoms. The summed E-state index contributed by atoms with van der Waals surface area (Å²) in [5, 5.41) is 0. The van der Waals surface area contributed by atoms with Gasteiger partial charge in [-0.3, -0.25) is 14.4 Å². The fourth-order valence-electron chi connectivity index (χ4n) is 9.64. The van der Waals surface area contributed by atoms with E-state index in [1.54, 1.807) is 0 Å². The SMILES string of the molecule is CCCCCCC/C=C\C/C=C\C/C=C\CCCCCCCCCCCCCCCCC(=O)OCC(COC(=O)CCCCCCCCC)OC(=O)CCCCCCCCCC/C=C\C/C=C\C/C=C\CCCCCCC. The fourth-order valence-corrected chi connectivity index (χ4v) is 9.64. The molecule has 446 valence electrons. The minimum Gasteiger partial charge on any atom is -0.462 e. The first kappa shape index (κ1) is 73.8. The summed E-state index contributed by atoms with van der Waals surface area (Å²) in [6.45, 7) is 6.60. The quantitative estimate of drug-likeness (QED) is 0.0261. The normalized spacial score (nSPS) is 12.5. The Morgan fingerprint density at radius 3 is 0.727 bits per heavy atom. The van der Waals surface area contributed by atoms with E-state index in [1.165, 1.54) is 212 Å². The third-order valence-corrected chi connectivity index (χ3v) is 14.7. The van der Waals surface area contributed by atoms with Crippen LogP contribution in [0, 0.1) is 0 Å². The summed E-state index contributed by atoms with van der Waals surface area (Å²) in [4.78, 5) is 38.1. The molecule has 0 aromatic heterocycles. The first-order valence-corrected chi connectivity index (χ1v) is 33.4. The maximum absolute atomic E-state index is 12.9. The van der Waals surface area contributed by atoms with Gasteiger partial charge in [0.2, 0.25) is 0 Å². The third kappa shape index (κ3) is 63.6. The summed E-state index contributed by atoms with van der Waals surface area (Å²) in [5.74, 6) is -0.876. The van der Waals surface area contributed by atoms with Gasteiger partial charge in [-0.05, 0) is 96.3 Å². The van der Waals surface area contributed by atoms with Crippen LogP contribution in [0.3, 0.4) is 0 Å². The van der Waals surface area contributed by atoms with Gasteiger partial charge in [0, 0.05) is 19.3 Å². The summed E-state index contributed by atoms with van der Waals surface area (Å²) >= 11 is 0. The van der Waals surface area contributed by atoms with Crippen molar-refractivity contribution in [2.24, 2.45) is 0 Å². The van der Waals surface area contributed by atoms with Crippen LogP contribution >= 0.6 is 0 Å². The third-order valence-electron chi connectivity index (χ3n) is 14.7. The molecule has 0 spiro atoms. The van der Waals surface area contributed by atoms with E-state index in [1.807, 2.05) is 0 Å². The van der Waals surface area contributed by atoms with Crippen molar-refractivity contribution >= 4 is 17.9 Å². The van der Waals surface area contributed by atoms with Gasteiger partial charge in [-0.1, -0.05) is 299 Å². The molecule has 0 fully saturated rings. The first-order chi connectivity index (χ1) is 38.0. The van der Waals surface area contributed by atoms with E-state index in [2.05, 4.69) is 93.7 Å². The summed E-state index contributed by atoms with van der Waals surface area (Å²) in [6, 6.07) is 0. The Kier molecular flexibility index (Phi) is 62.7. The smallest absolute Gasteiger partial charge is 0.306 e. The number of hydrogen-bond acceptors (Lipinski definition) is 6. The van der Waals surface area contributed by atoms with Crippen molar-refractivity contribution in [1.29, 1.82) is 0 Å². The molecule has 0 amide bonds. The second kappa shape index (κ2) is 65.4. The van der Waals surface area contributed by atoms with Crippen molar-refractivity contribution < 1.29 is 28.6 Å². The molecule has 0 saturated heterocycles. The van der Waals surface area contributed by atoms with Crippen molar-refractivity contribution in [2.75, 3.05) is 13.2 Å². The van der Waals surface area contributed by atoms with Crippen LogP contribution in [0.1, 0.15) is 342 Å². The van der Waals surface area contributed by atoms with E-state index in [9.17, 15) is 14.4 Å². The highest BCUT2D eigenvalue weighted by Gasteiger charge is 2.19. The van der Waals surface area contributed by atoms with E-state index in [-0.39, 0.29) is 31.1 Å². The van der Waals surface area contributed by atoms with E-state index < -0.39 is 6.10 Å². The van der Waals surface area contributed by atoms with Crippen molar-refractivity contribution in [3.05, 3.63) is 72.9 Å². The van der Waals surface area contributed by atoms with Gasteiger partial charge in [0.05, 0.1) is 0 Å². The van der Waals surface area contributed by atoms with Crippen LogP contribution in [-0.4, -0.2) is 37.2 Å². The van der Waals surface area contributed by atoms with Crippen LogP contribution in [0.5, 0.6) is 0 Å². The number of carbonyl (C=O) groups excluding carboxylic acids is 3. The Bertz CT molecular complexity index is 1420. The Labute approximate surface area is 478 Å². The topological polar surface area (TPSA) is 78.9 Å². The molecule has 0 radical (unpaired) electrons. The summed E-state index contributed by atoms with van der Waals surface area (Å²) < 4.78 is 16.9. The number of allylic oxidation sites excluding steroid dienone is 12. The number of ether oxygens (including phenoxy) is 3. The fraction of sp³-hybridized carbons (Fsp3) is 0.789. The van der Waals surface area contributed by atoms with E-state index in [0.717, 1.165) is 89.9 Å². The molecular formula is C71H126O6. The van der Waals surface area contributed by atoms with Crippen LogP contribution in [0.4, 0.5) is 0 Å². The molecule has 0 aliphatic rings. The maximum atomic E-state index is 12.9. The minimum absolute atomic E-state index is 0.0762. The predicted molar refractivity (Wildman–Crippen MR) is 335 cm³/mol. The number of hydrogen-bond donors (Lipinski definition) is 0. The van der Waals surface area contributed by atoms with Crippen molar-refractivity contribution in [3.8, 4) is 0 Å². The second-order valence-electron chi connectivity index (χ2n) is 22.4. The molecule has 0 heterocycles. The maximum Gasteiger partial charge on any atom is 0.306 e. The molecule has 0 aromatic carbocycles. The highest BCUT2D eigenvalue weighted by molar-refractivity contribution is 5.71. The lowest BCUT2D eigenvalue weighted by Crippen LogP contribution is -2.30. The molecular weight excluding hydrogens is 949 g/mol. The summed E-state index contributed by atoms with van der Waals surface area (Å²) in [7, 11) is 0. The van der Waals surface area contributed by atoms with Gasteiger partial charge in [-0.2, -0.15) is 0 Å². The van der Waals surface area contributed by atoms with Crippen molar-refractivity contribution in [1.82, 2.24) is 0 Å². The Balaban J connectivity index is 4.10. The lowest BCUT2D eigenvalue weighted by molar-refractivity contribution is -0.167. The summed E-state index contributed by atoms with van der Waals surface area (Å²) in [5.41, 5.74) is 0. The molecule has 6 nitrogen and oxygen atoms in total. The highest BCUT2D eigenvalue weighted by atomic mass is 16.6. The molecule has 0 aliphatic carbocycles. The molecule has 77 heavy (non-hydrogen) atoms. The Hall–Kier alpha value is -3.15. The zero-order chi connectivity index (χ0) is 55.7. The average Bonchev–Trinajstić information content (AvgIpc) is 3.43. The van der Waals surface area contributed by atoms with Crippen LogP contribution < -0.4 is 0 Å². The van der Waals surface area contributed by atoms with Crippen molar-refractivity contribution in [2.45, 2.75) is 348 Å². The zero-order valence-electron chi connectivity index (χ0n) is 51.2. The minimum atomic E-state index is -0.777. The van der Waals surface area contributed by atoms with Gasteiger partial charge in [0.15, 0.2) is 6.10 Å². The first-order valence-electron chi connectivity index (χ1n) is 33.4. The van der Waals surface area contributed by atoms with Gasteiger partial charge in [-0.15, -0.1) is 0 Å². The molecule has 1 unspecified atom stereocenters. The lowest BCUT2D eigenvalue weighted by atomic mass is 10.0. The monoisotopic (exact) mass is 1070 g/mol. The molecule has 0 aromatic rings. The lowest BCUT2D eigenvalue weighted by Gasteiger charge is -2.18. The Morgan fingerprint density at radius 2 is 0.468 bits per heavy atom. The zero-order valence-corrected chi connectivity index (χ0v) is 51.2. The number of carbonyl (C=O) groups is 3. The molecule has 0 rings (SSSR count). The van der Waals surface area contributed by atoms with E-state index in [4.69, 9.17) is 14.2 Å². The molecule has 0 aliphatic heterocycles. The Morgan fingerprint density at radius 1 is 0.260 bits per heavy atom. The second-order valence-corrected chi connectivity index (χ2v) is 22.4. The molecule has 1 atom stereocenters. The summed E-state index contributed by atoms with van der Waals surface area (Å²) in [6.07, 6.45) is 85.1. The van der Waals surface area contributed by atoms with Gasteiger partial charge in [-0.25, -0.2) is 0 Å². The van der Waals surface area contributed by atoms with Gasteiger partial charge >= 0.3 is 17.9 Å². The largest absolute Gasteiger partial charge is 0.462 e. The van der Waals surface area contributed by atoms with Gasteiger partial charge in [0.1, 0.15) is 13.2 Å². The van der Waals surface area contributed by atoms with Crippen LogP contribution in [0.15, 0.2) is 72.9 Å². The van der Waals surface area contributed by atoms with Gasteiger partial charge in [0.25, 0.3) is 0 Å². The number of unbranched alkanes of at least 4 members (excludes halogenated alkanes) is 38. The highest BCUT2D eigenvalue weighted by Crippen LogP contribution is 2.17. The van der Waals surface area contributed by atoms with Gasteiger partial charge < -0.3 is 14.2 Å². The number of rotatable bonds is 61. The average molecular weight is 1080 g/mol. The standard InChI is InChI=1S/C71H126O6/c1-4-7-10-13-16-18-20-22-24-26-28-30-32-33-34-35-36-37-39-40-42-44-46-48-50-52-55-58-61-64-70(73)76-67-68(66-75-69(72)63-60-57-54-15-12-9-6-3)77-71(74)65-62-59-56-53-51-49-47-45-43-41-38-31-29-27-25-23-21-19-17-14-11-8-5-2/h20-23,26-29,32-33,38,41,68H,4-19,24-25,30-31,34-37,39-40,42-67H2,1-3H3/b22-20-,23-21-,28-26-,29-27-,33-32-,41-38-. The van der Waals surface area contributed by atoms with Crippen LogP contribution in [0.2, 0.25) is 0 Å².